The second-order valence-corrected chi connectivity index (χ2v) is 8.83. The van der Waals surface area contributed by atoms with Crippen LogP contribution in [0.1, 0.15) is 26.5 Å². The summed E-state index contributed by atoms with van der Waals surface area (Å²) in [7, 11) is -3.33. The first kappa shape index (κ1) is 18.8. The van der Waals surface area contributed by atoms with Crippen molar-refractivity contribution in [1.82, 2.24) is 9.29 Å². The van der Waals surface area contributed by atoms with Crippen LogP contribution >= 0.6 is 11.3 Å². The Labute approximate surface area is 151 Å². The van der Waals surface area contributed by atoms with Crippen LogP contribution in [0.5, 0.6) is 0 Å². The van der Waals surface area contributed by atoms with Crippen molar-refractivity contribution in [3.05, 3.63) is 46.0 Å². The molecule has 3 rings (SSSR count). The molecule has 0 radical (unpaired) electrons. The highest BCUT2D eigenvalue weighted by Crippen LogP contribution is 2.31. The van der Waals surface area contributed by atoms with Crippen molar-refractivity contribution in [1.29, 1.82) is 0 Å². The van der Waals surface area contributed by atoms with Gasteiger partial charge in [-0.2, -0.15) is 17.5 Å². The predicted octanol–water partition coefficient (Wildman–Crippen LogP) is 2.73. The van der Waals surface area contributed by atoms with Crippen molar-refractivity contribution >= 4 is 32.4 Å². The average Bonchev–Trinajstić information content (AvgIpc) is 2.94. The van der Waals surface area contributed by atoms with E-state index in [0.717, 1.165) is 35.8 Å². The van der Waals surface area contributed by atoms with Crippen molar-refractivity contribution in [3.63, 3.8) is 0 Å². The Hall–Kier alpha value is -1.98. The number of rotatable bonds is 3. The van der Waals surface area contributed by atoms with E-state index < -0.39 is 27.7 Å². The van der Waals surface area contributed by atoms with E-state index in [9.17, 15) is 26.4 Å². The molecule has 1 N–H and O–H groups in total. The van der Waals surface area contributed by atoms with E-state index in [1.165, 1.54) is 10.4 Å². The molecule has 11 heteroatoms. The Morgan fingerprint density at radius 2 is 2.08 bits per heavy atom. The largest absolute Gasteiger partial charge is 0.416 e. The van der Waals surface area contributed by atoms with Crippen LogP contribution in [0.25, 0.3) is 0 Å². The SMILES string of the molecule is CS(=O)(=O)N1CCc2nc(NC(=O)c3cccc(C(F)(F)F)c3)sc2C1. The van der Waals surface area contributed by atoms with Crippen LogP contribution < -0.4 is 5.32 Å². The van der Waals surface area contributed by atoms with Crippen LogP contribution in [0.2, 0.25) is 0 Å². The number of hydrogen-bond donors (Lipinski definition) is 1. The minimum Gasteiger partial charge on any atom is -0.298 e. The number of sulfonamides is 1. The molecule has 6 nitrogen and oxygen atoms in total. The molecule has 2 aromatic rings. The summed E-state index contributed by atoms with van der Waals surface area (Å²) in [6.45, 7) is 0.474. The maximum atomic E-state index is 12.8. The van der Waals surface area contributed by atoms with Crippen molar-refractivity contribution < 1.29 is 26.4 Å². The van der Waals surface area contributed by atoms with Gasteiger partial charge in [0.2, 0.25) is 10.0 Å². The Morgan fingerprint density at radius 1 is 1.35 bits per heavy atom. The number of nitrogens with one attached hydrogen (secondary N) is 1. The molecule has 0 saturated heterocycles. The second-order valence-electron chi connectivity index (χ2n) is 5.77. The lowest BCUT2D eigenvalue weighted by atomic mass is 10.1. The van der Waals surface area contributed by atoms with Crippen LogP contribution in [0, 0.1) is 0 Å². The van der Waals surface area contributed by atoms with Crippen molar-refractivity contribution in [2.45, 2.75) is 19.1 Å². The van der Waals surface area contributed by atoms with Gasteiger partial charge in [0.1, 0.15) is 0 Å². The fourth-order valence-electron chi connectivity index (χ4n) is 2.51. The van der Waals surface area contributed by atoms with Gasteiger partial charge in [-0.3, -0.25) is 10.1 Å². The first-order valence-electron chi connectivity index (χ1n) is 7.46. The summed E-state index contributed by atoms with van der Waals surface area (Å²) in [6, 6.07) is 4.10. The van der Waals surface area contributed by atoms with Crippen molar-refractivity contribution in [3.8, 4) is 0 Å². The fourth-order valence-corrected chi connectivity index (χ4v) is 4.40. The summed E-state index contributed by atoms with van der Waals surface area (Å²) >= 11 is 1.12. The predicted molar refractivity (Wildman–Crippen MR) is 90.5 cm³/mol. The number of amides is 1. The first-order valence-corrected chi connectivity index (χ1v) is 10.1. The van der Waals surface area contributed by atoms with Gasteiger partial charge in [-0.15, -0.1) is 11.3 Å². The molecule has 140 valence electrons. The van der Waals surface area contributed by atoms with Gasteiger partial charge in [-0.1, -0.05) is 6.07 Å². The maximum absolute atomic E-state index is 12.8. The minimum atomic E-state index is -4.54. The van der Waals surface area contributed by atoms with E-state index >= 15 is 0 Å². The number of carbonyl (C=O) groups is 1. The molecule has 0 spiro atoms. The van der Waals surface area contributed by atoms with Gasteiger partial charge in [0, 0.05) is 30.0 Å². The lowest BCUT2D eigenvalue weighted by molar-refractivity contribution is -0.137. The van der Waals surface area contributed by atoms with Crippen LogP contribution in [0.3, 0.4) is 0 Å². The molecule has 26 heavy (non-hydrogen) atoms. The number of benzene rings is 1. The number of nitrogens with zero attached hydrogens (tertiary/aromatic N) is 2. The van der Waals surface area contributed by atoms with E-state index in [2.05, 4.69) is 10.3 Å². The third kappa shape index (κ3) is 4.05. The molecule has 0 bridgehead atoms. The molecule has 1 aromatic carbocycles. The van der Waals surface area contributed by atoms with E-state index in [-0.39, 0.29) is 17.2 Å². The summed E-state index contributed by atoms with van der Waals surface area (Å²) in [5.74, 6) is -0.706. The minimum absolute atomic E-state index is 0.134. The average molecular weight is 405 g/mol. The van der Waals surface area contributed by atoms with E-state index in [0.29, 0.717) is 23.5 Å². The van der Waals surface area contributed by atoms with E-state index in [1.807, 2.05) is 0 Å². The van der Waals surface area contributed by atoms with Crippen molar-refractivity contribution in [2.24, 2.45) is 0 Å². The lowest BCUT2D eigenvalue weighted by Crippen LogP contribution is -2.34. The van der Waals surface area contributed by atoms with Crippen molar-refractivity contribution in [2.75, 3.05) is 18.1 Å². The monoisotopic (exact) mass is 405 g/mol. The summed E-state index contributed by atoms with van der Waals surface area (Å²) in [5, 5.41) is 2.71. The molecule has 0 unspecified atom stereocenters. The number of anilines is 1. The highest BCUT2D eigenvalue weighted by molar-refractivity contribution is 7.88. The van der Waals surface area contributed by atoms with Gasteiger partial charge in [0.05, 0.1) is 17.5 Å². The zero-order valence-corrected chi connectivity index (χ0v) is 15.1. The molecule has 1 aliphatic rings. The highest BCUT2D eigenvalue weighted by Gasteiger charge is 2.31. The molecule has 0 aliphatic carbocycles. The van der Waals surface area contributed by atoms with Gasteiger partial charge in [0.25, 0.3) is 5.91 Å². The molecule has 0 fully saturated rings. The summed E-state index contributed by atoms with van der Waals surface area (Å²) in [6.07, 6.45) is -3.00. The van der Waals surface area contributed by atoms with Crippen LogP contribution in [-0.4, -0.2) is 36.4 Å². The number of alkyl halides is 3. The third-order valence-electron chi connectivity index (χ3n) is 3.84. The smallest absolute Gasteiger partial charge is 0.298 e. The third-order valence-corrected chi connectivity index (χ3v) is 6.09. The van der Waals surface area contributed by atoms with Crippen LogP contribution in [0.15, 0.2) is 24.3 Å². The number of aromatic nitrogens is 1. The Bertz CT molecular complexity index is 955. The summed E-state index contributed by atoms with van der Waals surface area (Å²) < 4.78 is 62.8. The normalized spacial score (nSPS) is 15.5. The van der Waals surface area contributed by atoms with Gasteiger partial charge >= 0.3 is 6.18 Å². The number of hydrogen-bond acceptors (Lipinski definition) is 5. The maximum Gasteiger partial charge on any atom is 0.416 e. The number of thiazole rings is 1. The molecular weight excluding hydrogens is 391 g/mol. The van der Waals surface area contributed by atoms with E-state index in [4.69, 9.17) is 0 Å². The molecule has 0 saturated carbocycles. The second kappa shape index (κ2) is 6.63. The molecule has 0 atom stereocenters. The van der Waals surface area contributed by atoms with Crippen LogP contribution in [0.4, 0.5) is 18.3 Å². The molecule has 2 heterocycles. The van der Waals surface area contributed by atoms with Gasteiger partial charge < -0.3 is 0 Å². The molecule has 1 amide bonds. The van der Waals surface area contributed by atoms with E-state index in [1.54, 1.807) is 0 Å². The highest BCUT2D eigenvalue weighted by atomic mass is 32.2. The Morgan fingerprint density at radius 3 is 2.73 bits per heavy atom. The quantitative estimate of drug-likeness (QED) is 0.852. The lowest BCUT2D eigenvalue weighted by Gasteiger charge is -2.23. The van der Waals surface area contributed by atoms with Gasteiger partial charge in [-0.05, 0) is 18.2 Å². The van der Waals surface area contributed by atoms with Crippen LogP contribution in [-0.2, 0) is 29.2 Å². The standard InChI is InChI=1S/C15H14F3N3O3S2/c1-26(23,24)21-6-5-11-12(8-21)25-14(19-11)20-13(22)9-3-2-4-10(7-9)15(16,17)18/h2-4,7H,5-6,8H2,1H3,(H,19,20,22). The topological polar surface area (TPSA) is 79.4 Å². The fraction of sp³-hybridized carbons (Fsp3) is 0.333. The number of carbonyl (C=O) groups excluding carboxylic acids is 1. The van der Waals surface area contributed by atoms with Gasteiger partial charge in [0.15, 0.2) is 5.13 Å². The number of fused-ring (bicyclic) bond motifs is 1. The molecule has 1 aromatic heterocycles. The first-order chi connectivity index (χ1) is 12.0. The number of halogens is 3. The summed E-state index contributed by atoms with van der Waals surface area (Å²) in [4.78, 5) is 17.2. The Balaban J connectivity index is 1.77. The molecular formula is C15H14F3N3O3S2. The van der Waals surface area contributed by atoms with Gasteiger partial charge in [-0.25, -0.2) is 13.4 Å². The zero-order chi connectivity index (χ0) is 19.1. The summed E-state index contributed by atoms with van der Waals surface area (Å²) in [5.41, 5.74) is -0.354. The zero-order valence-electron chi connectivity index (χ0n) is 13.5. The molecule has 1 aliphatic heterocycles. The Kier molecular flexibility index (Phi) is 4.80.